The third-order valence-corrected chi connectivity index (χ3v) is 8.19. The van der Waals surface area contributed by atoms with Crippen LogP contribution < -0.4 is 9.47 Å². The summed E-state index contributed by atoms with van der Waals surface area (Å²) in [6.45, 7) is -0.504. The average molecular weight is 699 g/mol. The van der Waals surface area contributed by atoms with Gasteiger partial charge in [0.05, 0.1) is 20.3 Å². The number of phenolic OH excluding ortho intramolecular Hbond substituents is 4. The summed E-state index contributed by atoms with van der Waals surface area (Å²) < 4.78 is 27.5. The number of ether oxygens (including phenoxy) is 5. The molecule has 3 aromatic rings. The first-order chi connectivity index (χ1) is 23.9. The number of rotatable bonds is 16. The Hall–Kier alpha value is -4.86. The highest BCUT2D eigenvalue weighted by Crippen LogP contribution is 2.30. The zero-order valence-corrected chi connectivity index (χ0v) is 27.5. The molecule has 14 heteroatoms. The minimum atomic E-state index is -1.74. The van der Waals surface area contributed by atoms with Crippen molar-refractivity contribution in [3.63, 3.8) is 0 Å². The number of Topliss-reactive ketones (excluding diaryl/α,β-unsaturated/α-hetero) is 1. The van der Waals surface area contributed by atoms with Crippen molar-refractivity contribution in [2.75, 3.05) is 20.8 Å². The number of methoxy groups -OCH3 is 2. The van der Waals surface area contributed by atoms with Crippen molar-refractivity contribution < 1.29 is 69.0 Å². The predicted molar refractivity (Wildman–Crippen MR) is 177 cm³/mol. The third-order valence-electron chi connectivity index (χ3n) is 8.19. The van der Waals surface area contributed by atoms with E-state index in [9.17, 15) is 45.3 Å². The van der Waals surface area contributed by atoms with Crippen LogP contribution in [-0.4, -0.2) is 105 Å². The number of esters is 1. The van der Waals surface area contributed by atoms with Gasteiger partial charge in [0.25, 0.3) is 0 Å². The van der Waals surface area contributed by atoms with E-state index >= 15 is 0 Å². The molecule has 270 valence electrons. The summed E-state index contributed by atoms with van der Waals surface area (Å²) in [6, 6.07) is 13.5. The van der Waals surface area contributed by atoms with E-state index in [1.165, 1.54) is 44.6 Å². The molecule has 0 radical (unpaired) electrons. The molecule has 6 atom stereocenters. The summed E-state index contributed by atoms with van der Waals surface area (Å²) >= 11 is 0. The molecule has 0 aliphatic carbocycles. The quantitative estimate of drug-likeness (QED) is 0.0649. The summed E-state index contributed by atoms with van der Waals surface area (Å²) in [6.07, 6.45) is -5.59. The van der Waals surface area contributed by atoms with Crippen molar-refractivity contribution in [3.05, 3.63) is 77.4 Å². The number of ketones is 1. The molecular formula is C36H42O14. The predicted octanol–water partition coefficient (Wildman–Crippen LogP) is 2.50. The van der Waals surface area contributed by atoms with Crippen LogP contribution in [0.1, 0.15) is 36.0 Å². The Bertz CT molecular complexity index is 1640. The lowest BCUT2D eigenvalue weighted by atomic mass is 9.97. The van der Waals surface area contributed by atoms with E-state index in [2.05, 4.69) is 0 Å². The highest BCUT2D eigenvalue weighted by atomic mass is 16.7. The van der Waals surface area contributed by atoms with Gasteiger partial charge >= 0.3 is 5.97 Å². The molecule has 0 saturated carbocycles. The van der Waals surface area contributed by atoms with Crippen molar-refractivity contribution in [1.29, 1.82) is 0 Å². The molecule has 0 bridgehead atoms. The third kappa shape index (κ3) is 10.3. The van der Waals surface area contributed by atoms with Gasteiger partial charge in [-0.3, -0.25) is 4.79 Å². The molecule has 3 aromatic carbocycles. The number of aryl methyl sites for hydroxylation is 2. The van der Waals surface area contributed by atoms with Crippen molar-refractivity contribution in [1.82, 2.24) is 0 Å². The van der Waals surface area contributed by atoms with Crippen LogP contribution in [0.25, 0.3) is 6.08 Å². The summed E-state index contributed by atoms with van der Waals surface area (Å²) in [5.41, 5.74) is 1.85. The van der Waals surface area contributed by atoms with E-state index in [-0.39, 0.29) is 60.9 Å². The van der Waals surface area contributed by atoms with Crippen LogP contribution in [0.5, 0.6) is 34.5 Å². The van der Waals surface area contributed by atoms with Crippen LogP contribution in [0.2, 0.25) is 0 Å². The minimum absolute atomic E-state index is 0.0505. The molecule has 50 heavy (non-hydrogen) atoms. The Morgan fingerprint density at radius 1 is 0.780 bits per heavy atom. The summed E-state index contributed by atoms with van der Waals surface area (Å²) in [5.74, 6) is -1.28. The second-order valence-electron chi connectivity index (χ2n) is 11.8. The SMILES string of the molecule is COc1ccc(C=CC(=O)OCC2OC(OC(CCc3ccc(O)c(O)c3)CC(=O)CCc3ccc(O)c(O)c3)C(O)C(O)C2O)cc1OC. The van der Waals surface area contributed by atoms with Gasteiger partial charge in [-0.1, -0.05) is 18.2 Å². The number of carbonyl (C=O) groups is 2. The Balaban J connectivity index is 1.41. The highest BCUT2D eigenvalue weighted by molar-refractivity contribution is 5.87. The molecule has 6 unspecified atom stereocenters. The van der Waals surface area contributed by atoms with E-state index in [4.69, 9.17) is 23.7 Å². The van der Waals surface area contributed by atoms with Crippen LogP contribution in [0.4, 0.5) is 0 Å². The van der Waals surface area contributed by atoms with Gasteiger partial charge in [-0.2, -0.15) is 0 Å². The summed E-state index contributed by atoms with van der Waals surface area (Å²) in [5, 5.41) is 70.8. The number of hydrogen-bond donors (Lipinski definition) is 7. The molecule has 0 aromatic heterocycles. The van der Waals surface area contributed by atoms with Crippen molar-refractivity contribution in [2.45, 2.75) is 68.9 Å². The first-order valence-corrected chi connectivity index (χ1v) is 15.8. The van der Waals surface area contributed by atoms with Gasteiger partial charge in [0.2, 0.25) is 0 Å². The number of aliphatic hydroxyl groups is 3. The lowest BCUT2D eigenvalue weighted by Gasteiger charge is -2.41. The van der Waals surface area contributed by atoms with E-state index in [1.807, 2.05) is 0 Å². The van der Waals surface area contributed by atoms with Crippen molar-refractivity contribution in [2.24, 2.45) is 0 Å². The van der Waals surface area contributed by atoms with E-state index in [0.717, 1.165) is 6.08 Å². The van der Waals surface area contributed by atoms with Gasteiger partial charge in [-0.25, -0.2) is 4.79 Å². The van der Waals surface area contributed by atoms with Crippen LogP contribution in [0.15, 0.2) is 60.7 Å². The zero-order valence-electron chi connectivity index (χ0n) is 27.5. The van der Waals surface area contributed by atoms with Gasteiger partial charge < -0.3 is 59.4 Å². The maximum absolute atomic E-state index is 13.1. The highest BCUT2D eigenvalue weighted by Gasteiger charge is 2.45. The monoisotopic (exact) mass is 698 g/mol. The smallest absolute Gasteiger partial charge is 0.330 e. The Morgan fingerprint density at radius 2 is 1.42 bits per heavy atom. The number of aromatic hydroxyl groups is 4. The molecule has 4 rings (SSSR count). The summed E-state index contributed by atoms with van der Waals surface area (Å²) in [7, 11) is 2.97. The van der Waals surface area contributed by atoms with Crippen LogP contribution in [-0.2, 0) is 36.6 Å². The molecule has 14 nitrogen and oxygen atoms in total. The second kappa shape index (κ2) is 17.7. The zero-order chi connectivity index (χ0) is 36.4. The number of carbonyl (C=O) groups excluding carboxylic acids is 2. The maximum atomic E-state index is 13.1. The van der Waals surface area contributed by atoms with Crippen LogP contribution in [0, 0.1) is 0 Å². The van der Waals surface area contributed by atoms with Gasteiger partial charge in [0.1, 0.15) is 36.8 Å². The second-order valence-corrected chi connectivity index (χ2v) is 11.8. The van der Waals surface area contributed by atoms with Crippen molar-refractivity contribution in [3.8, 4) is 34.5 Å². The fraction of sp³-hybridized carbons (Fsp3) is 0.389. The molecule has 1 aliphatic heterocycles. The van der Waals surface area contributed by atoms with E-state index < -0.39 is 49.4 Å². The molecule has 0 amide bonds. The van der Waals surface area contributed by atoms with E-state index in [1.54, 1.807) is 30.3 Å². The van der Waals surface area contributed by atoms with Gasteiger partial charge in [0.15, 0.2) is 40.8 Å². The fourth-order valence-electron chi connectivity index (χ4n) is 5.32. The standard InChI is InChI=1S/C36H42O14/c1-46-29-13-7-22(17-30(29)47-2)8-14-32(42)48-19-31-33(43)34(44)35(45)36(50-31)49-24(10-4-21-6-12-26(39)28(41)16-21)18-23(37)9-3-20-5-11-25(38)27(40)15-20/h5-8,11-17,24,31,33-36,38-41,43-45H,3-4,9-10,18-19H2,1-2H3. The fourth-order valence-corrected chi connectivity index (χ4v) is 5.32. The minimum Gasteiger partial charge on any atom is -0.504 e. The van der Waals surface area contributed by atoms with Crippen LogP contribution in [0.3, 0.4) is 0 Å². The Morgan fingerprint density at radius 3 is 2.04 bits per heavy atom. The van der Waals surface area contributed by atoms with Gasteiger partial charge in [0, 0.05) is 18.9 Å². The molecule has 1 fully saturated rings. The van der Waals surface area contributed by atoms with Crippen LogP contribution >= 0.6 is 0 Å². The van der Waals surface area contributed by atoms with Gasteiger partial charge in [-0.15, -0.1) is 0 Å². The first kappa shape index (κ1) is 38.0. The number of phenols is 4. The molecule has 1 aliphatic rings. The average Bonchev–Trinajstić information content (AvgIpc) is 3.11. The molecular weight excluding hydrogens is 656 g/mol. The first-order valence-electron chi connectivity index (χ1n) is 15.8. The molecule has 0 spiro atoms. The number of hydrogen-bond acceptors (Lipinski definition) is 14. The van der Waals surface area contributed by atoms with E-state index in [0.29, 0.717) is 28.2 Å². The lowest BCUT2D eigenvalue weighted by Crippen LogP contribution is -2.60. The molecule has 1 heterocycles. The lowest BCUT2D eigenvalue weighted by molar-refractivity contribution is -0.311. The number of benzene rings is 3. The topological polar surface area (TPSA) is 222 Å². The molecule has 1 saturated heterocycles. The van der Waals surface area contributed by atoms with Crippen molar-refractivity contribution >= 4 is 17.8 Å². The number of aliphatic hydroxyl groups excluding tert-OH is 3. The maximum Gasteiger partial charge on any atom is 0.330 e. The molecule has 7 N–H and O–H groups in total. The normalized spacial score (nSPS) is 21.1. The largest absolute Gasteiger partial charge is 0.504 e. The van der Waals surface area contributed by atoms with Gasteiger partial charge in [-0.05, 0) is 78.4 Å². The summed E-state index contributed by atoms with van der Waals surface area (Å²) in [4.78, 5) is 25.6. The Kier molecular flexibility index (Phi) is 13.4. The Labute approximate surface area is 288 Å².